The van der Waals surface area contributed by atoms with E-state index in [1.54, 1.807) is 16.7 Å². The third-order valence-corrected chi connectivity index (χ3v) is 4.52. The van der Waals surface area contributed by atoms with Gasteiger partial charge in [-0.1, -0.05) is 36.4 Å². The molecule has 7 heteroatoms. The molecular weight excluding hydrogens is 374 g/mol. The first kappa shape index (κ1) is 18.6. The first-order chi connectivity index (χ1) is 14.0. The average molecular weight is 392 g/mol. The van der Waals surface area contributed by atoms with Gasteiger partial charge in [-0.05, 0) is 42.3 Å². The molecule has 0 unspecified atom stereocenters. The highest BCUT2D eigenvalue weighted by atomic mass is 19.2. The highest BCUT2D eigenvalue weighted by Gasteiger charge is 2.20. The van der Waals surface area contributed by atoms with Gasteiger partial charge in [-0.3, -0.25) is 9.72 Å². The van der Waals surface area contributed by atoms with E-state index in [1.807, 2.05) is 43.3 Å². The van der Waals surface area contributed by atoms with Gasteiger partial charge in [0.05, 0.1) is 0 Å². The van der Waals surface area contributed by atoms with Gasteiger partial charge in [0.1, 0.15) is 17.2 Å². The number of aromatic nitrogens is 2. The van der Waals surface area contributed by atoms with E-state index in [0.717, 1.165) is 17.2 Å². The zero-order valence-corrected chi connectivity index (χ0v) is 15.6. The molecule has 0 spiro atoms. The van der Waals surface area contributed by atoms with E-state index < -0.39 is 17.7 Å². The molecule has 2 N–H and O–H groups in total. The van der Waals surface area contributed by atoms with Gasteiger partial charge >= 0.3 is 6.03 Å². The lowest BCUT2D eigenvalue weighted by molar-refractivity contribution is 0.251. The third kappa shape index (κ3) is 3.80. The smallest absolute Gasteiger partial charge is 0.320 e. The second kappa shape index (κ2) is 7.71. The van der Waals surface area contributed by atoms with E-state index >= 15 is 0 Å². The molecule has 4 aromatic rings. The van der Waals surface area contributed by atoms with Crippen LogP contribution in [0.1, 0.15) is 11.1 Å². The standard InChI is InChI=1S/C22H18F2N4O/c1-14-10-11-28-18(12-14)26-20(16-8-5-9-17(23)19(16)24)21(28)27-22(29)25-13-15-6-3-2-4-7-15/h2-12H,13H2,1H3,(H2,25,27,29). The number of nitrogens with one attached hydrogen (secondary N) is 2. The van der Waals surface area contributed by atoms with Crippen LogP contribution in [0.15, 0.2) is 66.9 Å². The SMILES string of the molecule is Cc1ccn2c(NC(=O)NCc3ccccc3)c(-c3cccc(F)c3F)nc2c1. The molecule has 2 heterocycles. The number of aryl methyl sites for hydroxylation is 1. The van der Waals surface area contributed by atoms with Crippen LogP contribution >= 0.6 is 0 Å². The Morgan fingerprint density at radius 1 is 1.07 bits per heavy atom. The number of rotatable bonds is 4. The summed E-state index contributed by atoms with van der Waals surface area (Å²) in [5.74, 6) is -1.73. The van der Waals surface area contributed by atoms with E-state index in [9.17, 15) is 13.6 Å². The number of amides is 2. The molecule has 0 saturated heterocycles. The Labute approximate surface area is 166 Å². The van der Waals surface area contributed by atoms with E-state index in [4.69, 9.17) is 0 Å². The monoisotopic (exact) mass is 392 g/mol. The maximum Gasteiger partial charge on any atom is 0.320 e. The molecule has 29 heavy (non-hydrogen) atoms. The van der Waals surface area contributed by atoms with Crippen LogP contribution in [0.2, 0.25) is 0 Å². The fourth-order valence-electron chi connectivity index (χ4n) is 3.07. The van der Waals surface area contributed by atoms with E-state index in [0.29, 0.717) is 12.2 Å². The van der Waals surface area contributed by atoms with Gasteiger partial charge in [0, 0.05) is 18.3 Å². The number of carbonyl (C=O) groups excluding carboxylic acids is 1. The number of imidazole rings is 1. The molecule has 0 aliphatic heterocycles. The number of fused-ring (bicyclic) bond motifs is 1. The zero-order valence-electron chi connectivity index (χ0n) is 15.6. The van der Waals surface area contributed by atoms with Crippen molar-refractivity contribution in [3.63, 3.8) is 0 Å². The van der Waals surface area contributed by atoms with Crippen LogP contribution in [0, 0.1) is 18.6 Å². The van der Waals surface area contributed by atoms with Crippen molar-refractivity contribution in [1.29, 1.82) is 0 Å². The van der Waals surface area contributed by atoms with Crippen LogP contribution in [0.4, 0.5) is 19.4 Å². The summed E-state index contributed by atoms with van der Waals surface area (Å²) in [6.45, 7) is 2.23. The molecule has 0 fully saturated rings. The summed E-state index contributed by atoms with van der Waals surface area (Å²) in [5.41, 5.74) is 2.54. The molecule has 0 saturated carbocycles. The lowest BCUT2D eigenvalue weighted by Crippen LogP contribution is -2.29. The van der Waals surface area contributed by atoms with Crippen molar-refractivity contribution in [2.45, 2.75) is 13.5 Å². The Morgan fingerprint density at radius 2 is 1.86 bits per heavy atom. The quantitative estimate of drug-likeness (QED) is 0.518. The first-order valence-electron chi connectivity index (χ1n) is 9.05. The number of halogens is 2. The molecule has 2 amide bonds. The van der Waals surface area contributed by atoms with Gasteiger partial charge in [0.25, 0.3) is 0 Å². The van der Waals surface area contributed by atoms with Crippen molar-refractivity contribution in [3.8, 4) is 11.3 Å². The van der Waals surface area contributed by atoms with Gasteiger partial charge in [-0.15, -0.1) is 0 Å². The summed E-state index contributed by atoms with van der Waals surface area (Å²) in [5, 5.41) is 5.49. The molecule has 0 atom stereocenters. The minimum absolute atomic E-state index is 0.0234. The van der Waals surface area contributed by atoms with Crippen molar-refractivity contribution >= 4 is 17.5 Å². The van der Waals surface area contributed by atoms with Crippen LogP contribution in [0.3, 0.4) is 0 Å². The maximum absolute atomic E-state index is 14.4. The van der Waals surface area contributed by atoms with Crippen molar-refractivity contribution in [2.24, 2.45) is 0 Å². The van der Waals surface area contributed by atoms with E-state index in [-0.39, 0.29) is 17.1 Å². The average Bonchev–Trinajstić information content (AvgIpc) is 3.06. The largest absolute Gasteiger partial charge is 0.334 e. The number of pyridine rings is 1. The van der Waals surface area contributed by atoms with Crippen LogP contribution in [-0.4, -0.2) is 15.4 Å². The molecule has 0 aliphatic carbocycles. The summed E-state index contributed by atoms with van der Waals surface area (Å²) in [4.78, 5) is 16.9. The number of carbonyl (C=O) groups is 1. The van der Waals surface area contributed by atoms with Gasteiger partial charge in [-0.2, -0.15) is 0 Å². The fraction of sp³-hybridized carbons (Fsp3) is 0.0909. The fourth-order valence-corrected chi connectivity index (χ4v) is 3.07. The molecule has 0 radical (unpaired) electrons. The van der Waals surface area contributed by atoms with Crippen LogP contribution in [0.5, 0.6) is 0 Å². The first-order valence-corrected chi connectivity index (χ1v) is 9.05. The Kier molecular flexibility index (Phi) is 4.95. The molecular formula is C22H18F2N4O. The number of hydrogen-bond donors (Lipinski definition) is 2. The van der Waals surface area contributed by atoms with Crippen molar-refractivity contribution in [1.82, 2.24) is 14.7 Å². The Hall–Kier alpha value is -3.74. The van der Waals surface area contributed by atoms with Crippen molar-refractivity contribution in [3.05, 3.63) is 89.6 Å². The molecule has 0 aliphatic rings. The van der Waals surface area contributed by atoms with E-state index in [2.05, 4.69) is 15.6 Å². The van der Waals surface area contributed by atoms with Gasteiger partial charge < -0.3 is 5.32 Å². The van der Waals surface area contributed by atoms with Gasteiger partial charge in [0.15, 0.2) is 11.6 Å². The molecule has 2 aromatic heterocycles. The Balaban J connectivity index is 1.70. The van der Waals surface area contributed by atoms with Crippen LogP contribution in [-0.2, 0) is 6.54 Å². The number of anilines is 1. The number of hydrogen-bond acceptors (Lipinski definition) is 2. The summed E-state index contributed by atoms with van der Waals surface area (Å²) < 4.78 is 29.8. The normalized spacial score (nSPS) is 10.9. The van der Waals surface area contributed by atoms with E-state index in [1.165, 1.54) is 12.1 Å². The third-order valence-electron chi connectivity index (χ3n) is 4.52. The molecule has 2 aromatic carbocycles. The highest BCUT2D eigenvalue weighted by molar-refractivity contribution is 5.93. The molecule has 5 nitrogen and oxygen atoms in total. The second-order valence-corrected chi connectivity index (χ2v) is 6.64. The maximum atomic E-state index is 14.4. The number of nitrogens with zero attached hydrogens (tertiary/aromatic N) is 2. The van der Waals surface area contributed by atoms with Crippen LogP contribution < -0.4 is 10.6 Å². The predicted octanol–water partition coefficient (Wildman–Crippen LogP) is 4.91. The second-order valence-electron chi connectivity index (χ2n) is 6.64. The minimum Gasteiger partial charge on any atom is -0.334 e. The lowest BCUT2D eigenvalue weighted by Gasteiger charge is -2.10. The summed E-state index contributed by atoms with van der Waals surface area (Å²) in [6, 6.07) is 16.5. The van der Waals surface area contributed by atoms with Crippen LogP contribution in [0.25, 0.3) is 16.9 Å². The molecule has 4 rings (SSSR count). The zero-order chi connectivity index (χ0) is 20.4. The minimum atomic E-state index is -1.01. The molecule has 146 valence electrons. The molecule has 0 bridgehead atoms. The van der Waals surface area contributed by atoms with Crippen molar-refractivity contribution < 1.29 is 13.6 Å². The number of benzene rings is 2. The Bertz CT molecular complexity index is 1190. The Morgan fingerprint density at radius 3 is 2.66 bits per heavy atom. The number of urea groups is 1. The summed E-state index contributed by atoms with van der Waals surface area (Å²) in [7, 11) is 0. The van der Waals surface area contributed by atoms with Gasteiger partial charge in [0.2, 0.25) is 0 Å². The van der Waals surface area contributed by atoms with Crippen molar-refractivity contribution in [2.75, 3.05) is 5.32 Å². The topological polar surface area (TPSA) is 58.4 Å². The lowest BCUT2D eigenvalue weighted by atomic mass is 10.1. The highest BCUT2D eigenvalue weighted by Crippen LogP contribution is 2.31. The summed E-state index contributed by atoms with van der Waals surface area (Å²) >= 11 is 0. The van der Waals surface area contributed by atoms with Gasteiger partial charge in [-0.25, -0.2) is 18.6 Å². The summed E-state index contributed by atoms with van der Waals surface area (Å²) in [6.07, 6.45) is 1.73. The predicted molar refractivity (Wildman–Crippen MR) is 108 cm³/mol.